The first-order valence-corrected chi connectivity index (χ1v) is 11.7. The number of aliphatic carboxylic acids is 1. The zero-order chi connectivity index (χ0) is 24.2. The van der Waals surface area contributed by atoms with E-state index >= 15 is 0 Å². The predicted octanol–water partition coefficient (Wildman–Crippen LogP) is 3.75. The third-order valence-corrected chi connectivity index (χ3v) is 7.57. The van der Waals surface area contributed by atoms with Gasteiger partial charge in [0.1, 0.15) is 12.3 Å². The summed E-state index contributed by atoms with van der Waals surface area (Å²) in [6, 6.07) is 17.4. The first kappa shape index (κ1) is 21.4. The van der Waals surface area contributed by atoms with E-state index in [4.69, 9.17) is 4.74 Å². The number of aromatic amines is 1. The van der Waals surface area contributed by atoms with E-state index in [1.54, 1.807) is 0 Å². The number of carbonyl (C=O) groups excluding carboxylic acids is 2. The van der Waals surface area contributed by atoms with Gasteiger partial charge in [-0.05, 0) is 47.4 Å². The van der Waals surface area contributed by atoms with Gasteiger partial charge in [0.15, 0.2) is 5.82 Å². The van der Waals surface area contributed by atoms with Crippen molar-refractivity contribution in [1.82, 2.24) is 15.5 Å². The van der Waals surface area contributed by atoms with Gasteiger partial charge >= 0.3 is 12.1 Å². The SMILES string of the molecule is O=C(Nc1cc(C(=O)NC2CC3CC3(C(=O)O)C2)[nH]n1)OCC1c2ccccc2-c2ccccc21. The van der Waals surface area contributed by atoms with Crippen molar-refractivity contribution in [2.24, 2.45) is 11.3 Å². The van der Waals surface area contributed by atoms with Crippen molar-refractivity contribution >= 4 is 23.8 Å². The van der Waals surface area contributed by atoms with E-state index in [1.807, 2.05) is 36.4 Å². The fraction of sp³-hybridized carbons (Fsp3) is 0.308. The third-order valence-electron chi connectivity index (χ3n) is 7.57. The lowest BCUT2D eigenvalue weighted by Crippen LogP contribution is -2.35. The van der Waals surface area contributed by atoms with Crippen molar-refractivity contribution in [2.45, 2.75) is 31.2 Å². The van der Waals surface area contributed by atoms with Gasteiger partial charge in [-0.25, -0.2) is 4.79 Å². The number of benzene rings is 2. The smallest absolute Gasteiger partial charge is 0.412 e. The van der Waals surface area contributed by atoms with Crippen molar-refractivity contribution in [3.05, 3.63) is 71.4 Å². The third kappa shape index (κ3) is 3.63. The Morgan fingerprint density at radius 3 is 2.40 bits per heavy atom. The first-order valence-electron chi connectivity index (χ1n) is 11.7. The maximum atomic E-state index is 12.6. The molecule has 0 aliphatic heterocycles. The second kappa shape index (κ2) is 7.97. The summed E-state index contributed by atoms with van der Waals surface area (Å²) in [4.78, 5) is 36.5. The van der Waals surface area contributed by atoms with E-state index < -0.39 is 17.5 Å². The van der Waals surface area contributed by atoms with Crippen molar-refractivity contribution in [2.75, 3.05) is 11.9 Å². The van der Waals surface area contributed by atoms with Crippen LogP contribution in [0.5, 0.6) is 0 Å². The molecule has 0 spiro atoms. The summed E-state index contributed by atoms with van der Waals surface area (Å²) in [5.74, 6) is -0.915. The zero-order valence-corrected chi connectivity index (χ0v) is 18.8. The quantitative estimate of drug-likeness (QED) is 0.432. The average molecular weight is 473 g/mol. The number of amides is 2. The number of anilines is 1. The molecule has 3 aromatic rings. The highest BCUT2D eigenvalue weighted by molar-refractivity contribution is 5.94. The molecule has 3 aliphatic carbocycles. The highest BCUT2D eigenvalue weighted by Gasteiger charge is 2.65. The molecule has 0 saturated heterocycles. The minimum atomic E-state index is -0.782. The van der Waals surface area contributed by atoms with Crippen molar-refractivity contribution in [3.63, 3.8) is 0 Å². The molecule has 2 amide bonds. The summed E-state index contributed by atoms with van der Waals surface area (Å²) in [5.41, 5.74) is 4.05. The van der Waals surface area contributed by atoms with Crippen molar-refractivity contribution in [1.29, 1.82) is 0 Å². The minimum absolute atomic E-state index is 0.0552. The van der Waals surface area contributed by atoms with Crippen LogP contribution in [0, 0.1) is 11.3 Å². The van der Waals surface area contributed by atoms with Gasteiger partial charge in [-0.1, -0.05) is 48.5 Å². The molecule has 4 N–H and O–H groups in total. The fourth-order valence-electron chi connectivity index (χ4n) is 5.77. The molecule has 3 atom stereocenters. The van der Waals surface area contributed by atoms with Crippen LogP contribution in [0.15, 0.2) is 54.6 Å². The van der Waals surface area contributed by atoms with Crippen LogP contribution in [0.1, 0.15) is 46.8 Å². The number of H-pyrrole nitrogens is 1. The molecule has 0 radical (unpaired) electrons. The zero-order valence-electron chi connectivity index (χ0n) is 18.8. The van der Waals surface area contributed by atoms with Crippen LogP contribution < -0.4 is 10.6 Å². The Kier molecular flexibility index (Phi) is 4.87. The minimum Gasteiger partial charge on any atom is -0.481 e. The van der Waals surface area contributed by atoms with E-state index in [2.05, 4.69) is 33.0 Å². The summed E-state index contributed by atoms with van der Waals surface area (Å²) in [7, 11) is 0. The highest BCUT2D eigenvalue weighted by atomic mass is 16.5. The maximum Gasteiger partial charge on any atom is 0.412 e. The molecule has 2 saturated carbocycles. The summed E-state index contributed by atoms with van der Waals surface area (Å²) in [5, 5.41) is 21.4. The van der Waals surface area contributed by atoms with Gasteiger partial charge in [-0.2, -0.15) is 5.10 Å². The Bertz CT molecular complexity index is 1310. The van der Waals surface area contributed by atoms with E-state index in [0.29, 0.717) is 19.3 Å². The number of ether oxygens (including phenoxy) is 1. The summed E-state index contributed by atoms with van der Waals surface area (Å²) >= 11 is 0. The number of aromatic nitrogens is 2. The van der Waals surface area contributed by atoms with Gasteiger partial charge in [-0.15, -0.1) is 0 Å². The van der Waals surface area contributed by atoms with E-state index in [1.165, 1.54) is 6.07 Å². The molecule has 35 heavy (non-hydrogen) atoms. The van der Waals surface area contributed by atoms with Gasteiger partial charge in [0, 0.05) is 18.0 Å². The molecule has 3 unspecified atom stereocenters. The van der Waals surface area contributed by atoms with Crippen LogP contribution in [-0.2, 0) is 9.53 Å². The molecule has 9 nitrogen and oxygen atoms in total. The Labute approximate surface area is 200 Å². The number of carboxylic acid groups (broad SMARTS) is 1. The lowest BCUT2D eigenvalue weighted by Gasteiger charge is -2.15. The molecule has 0 bridgehead atoms. The number of carbonyl (C=O) groups is 3. The van der Waals surface area contributed by atoms with Crippen LogP contribution in [-0.4, -0.2) is 45.9 Å². The van der Waals surface area contributed by atoms with Crippen LogP contribution in [0.3, 0.4) is 0 Å². The molecular weight excluding hydrogens is 448 g/mol. The van der Waals surface area contributed by atoms with Gasteiger partial charge < -0.3 is 15.2 Å². The van der Waals surface area contributed by atoms with Crippen LogP contribution in [0.25, 0.3) is 11.1 Å². The molecule has 6 rings (SSSR count). The monoisotopic (exact) mass is 472 g/mol. The fourth-order valence-corrected chi connectivity index (χ4v) is 5.77. The summed E-state index contributed by atoms with van der Waals surface area (Å²) in [6.45, 7) is 0.172. The van der Waals surface area contributed by atoms with Crippen LogP contribution >= 0.6 is 0 Å². The number of rotatable bonds is 6. The summed E-state index contributed by atoms with van der Waals surface area (Å²) in [6.07, 6.45) is 1.13. The van der Waals surface area contributed by atoms with Gasteiger partial charge in [0.2, 0.25) is 0 Å². The lowest BCUT2D eigenvalue weighted by molar-refractivity contribution is -0.143. The number of hydrogen-bond donors (Lipinski definition) is 4. The number of hydrogen-bond acceptors (Lipinski definition) is 5. The largest absolute Gasteiger partial charge is 0.481 e. The van der Waals surface area contributed by atoms with Gasteiger partial charge in [-0.3, -0.25) is 20.0 Å². The van der Waals surface area contributed by atoms with E-state index in [-0.39, 0.29) is 41.9 Å². The molecule has 3 aliphatic rings. The highest BCUT2D eigenvalue weighted by Crippen LogP contribution is 2.63. The lowest BCUT2D eigenvalue weighted by atomic mass is 9.98. The summed E-state index contributed by atoms with van der Waals surface area (Å²) < 4.78 is 5.51. The normalized spacial score (nSPS) is 23.7. The number of nitrogens with zero attached hydrogens (tertiary/aromatic N) is 1. The average Bonchev–Trinajstić information content (AvgIpc) is 3.17. The van der Waals surface area contributed by atoms with Crippen molar-refractivity contribution < 1.29 is 24.2 Å². The van der Waals surface area contributed by atoms with Crippen LogP contribution in [0.4, 0.5) is 10.6 Å². The van der Waals surface area contributed by atoms with E-state index in [9.17, 15) is 19.5 Å². The number of fused-ring (bicyclic) bond motifs is 4. The Morgan fingerprint density at radius 1 is 1.06 bits per heavy atom. The Hall–Kier alpha value is -4.14. The molecule has 9 heteroatoms. The second-order valence-electron chi connectivity index (χ2n) is 9.59. The Balaban J connectivity index is 1.05. The molecular formula is C26H24N4O5. The van der Waals surface area contributed by atoms with E-state index in [0.717, 1.165) is 22.3 Å². The number of nitrogens with one attached hydrogen (secondary N) is 3. The Morgan fingerprint density at radius 2 is 1.74 bits per heavy atom. The number of carboxylic acids is 1. The van der Waals surface area contributed by atoms with Crippen molar-refractivity contribution in [3.8, 4) is 11.1 Å². The van der Waals surface area contributed by atoms with Crippen LogP contribution in [0.2, 0.25) is 0 Å². The predicted molar refractivity (Wildman–Crippen MR) is 126 cm³/mol. The van der Waals surface area contributed by atoms with Gasteiger partial charge in [0.25, 0.3) is 5.91 Å². The standard InChI is InChI=1S/C26H24N4O5/c31-23(27-15-9-14-11-26(14,12-15)24(32)33)21-10-22(30-29-21)28-25(34)35-13-20-18-7-3-1-5-16(18)17-6-2-4-8-19(17)20/h1-8,10,14-15,20H,9,11-13H2,(H,27,31)(H,32,33)(H2,28,29,30,34). The maximum absolute atomic E-state index is 12.6. The van der Waals surface area contributed by atoms with Gasteiger partial charge in [0.05, 0.1) is 5.41 Å². The molecule has 1 heterocycles. The molecule has 1 aromatic heterocycles. The topological polar surface area (TPSA) is 133 Å². The molecule has 2 aromatic carbocycles. The second-order valence-corrected chi connectivity index (χ2v) is 9.59. The first-order chi connectivity index (χ1) is 16.9. The molecule has 2 fully saturated rings. The molecule has 178 valence electrons.